The predicted octanol–water partition coefficient (Wildman–Crippen LogP) is 3.94. The van der Waals surface area contributed by atoms with E-state index in [4.69, 9.17) is 0 Å². The summed E-state index contributed by atoms with van der Waals surface area (Å²) in [4.78, 5) is 18.2. The lowest BCUT2D eigenvalue weighted by Crippen LogP contribution is -2.62. The molecule has 5 aliphatic rings. The van der Waals surface area contributed by atoms with Crippen molar-refractivity contribution in [2.24, 2.45) is 29.6 Å². The minimum atomic E-state index is -4.48. The predicted molar refractivity (Wildman–Crippen MR) is 130 cm³/mol. The number of likely N-dealkylation sites (tertiary alicyclic amines) is 2. The number of carbonyl (C=O) groups excluding carboxylic acids is 1. The van der Waals surface area contributed by atoms with Gasteiger partial charge in [-0.05, 0) is 64.3 Å². The Morgan fingerprint density at radius 3 is 2.36 bits per heavy atom. The van der Waals surface area contributed by atoms with E-state index in [9.17, 15) is 22.4 Å². The summed E-state index contributed by atoms with van der Waals surface area (Å²) in [5.41, 5.74) is 2.15. The second-order valence-electron chi connectivity index (χ2n) is 12.7. The molecule has 2 N–H and O–H groups in total. The molecule has 3 aliphatic heterocycles. The van der Waals surface area contributed by atoms with Crippen LogP contribution in [-0.2, 0) is 4.79 Å². The van der Waals surface area contributed by atoms with Gasteiger partial charge in [-0.25, -0.2) is 19.6 Å². The van der Waals surface area contributed by atoms with Crippen LogP contribution in [0.5, 0.6) is 0 Å². The molecule has 6 nitrogen and oxygen atoms in total. The molecule has 2 saturated carbocycles. The average Bonchev–Trinajstić information content (AvgIpc) is 3.57. The van der Waals surface area contributed by atoms with E-state index in [1.807, 2.05) is 4.90 Å². The molecule has 2 aliphatic carbocycles. The highest BCUT2D eigenvalue weighted by Gasteiger charge is 2.63. The highest BCUT2D eigenvalue weighted by Crippen LogP contribution is 2.52. The van der Waals surface area contributed by atoms with E-state index in [1.54, 1.807) is 0 Å². The van der Waals surface area contributed by atoms with Crippen LogP contribution in [0, 0.1) is 29.6 Å². The van der Waals surface area contributed by atoms with Crippen molar-refractivity contribution in [2.75, 3.05) is 39.9 Å². The van der Waals surface area contributed by atoms with Gasteiger partial charge in [0.15, 0.2) is 5.67 Å². The van der Waals surface area contributed by atoms with Crippen molar-refractivity contribution in [3.8, 4) is 0 Å². The first-order valence-electron chi connectivity index (χ1n) is 14.2. The van der Waals surface area contributed by atoms with Gasteiger partial charge < -0.3 is 9.80 Å². The number of hydrazine groups is 1. The molecule has 0 aromatic rings. The Morgan fingerprint density at radius 1 is 1.00 bits per heavy atom. The fourth-order valence-corrected chi connectivity index (χ4v) is 8.00. The molecule has 39 heavy (non-hydrogen) atoms. The molecule has 3 saturated heterocycles. The van der Waals surface area contributed by atoms with E-state index < -0.39 is 59.8 Å². The van der Waals surface area contributed by atoms with Gasteiger partial charge in [0.25, 0.3) is 0 Å². The molecule has 0 bridgehead atoms. The van der Waals surface area contributed by atoms with Crippen molar-refractivity contribution in [3.05, 3.63) is 0 Å². The highest BCUT2D eigenvalue weighted by molar-refractivity contribution is 5.82. The Labute approximate surface area is 225 Å². The fraction of sp³-hybridized carbons (Fsp3) is 0.962. The number of alkyl halides is 7. The highest BCUT2D eigenvalue weighted by atomic mass is 19.4. The summed E-state index contributed by atoms with van der Waals surface area (Å²) in [6, 6.07) is -0.571. The zero-order valence-corrected chi connectivity index (χ0v) is 22.5. The topological polar surface area (TPSA) is 50.9 Å². The maximum atomic E-state index is 16.0. The number of nitrogens with one attached hydrogen (secondary N) is 2. The fourth-order valence-electron chi connectivity index (χ4n) is 8.00. The molecule has 3 heterocycles. The zero-order chi connectivity index (χ0) is 28.3. The van der Waals surface area contributed by atoms with Crippen LogP contribution in [0.1, 0.15) is 51.9 Å². The molecule has 13 heteroatoms. The number of hydrogen-bond donors (Lipinski definition) is 2. The van der Waals surface area contributed by atoms with Crippen molar-refractivity contribution >= 4 is 5.91 Å². The van der Waals surface area contributed by atoms with Crippen LogP contribution >= 0.6 is 0 Å². The molecule has 0 spiro atoms. The molecule has 224 valence electrons. The third-order valence-corrected chi connectivity index (χ3v) is 10.2. The van der Waals surface area contributed by atoms with Crippen molar-refractivity contribution in [3.63, 3.8) is 0 Å². The number of hydrogen-bond acceptors (Lipinski definition) is 5. The summed E-state index contributed by atoms with van der Waals surface area (Å²) < 4.78 is 103. The zero-order valence-electron chi connectivity index (χ0n) is 22.5. The Kier molecular flexibility index (Phi) is 7.95. The summed E-state index contributed by atoms with van der Waals surface area (Å²) in [5, 5.41) is 0. The largest absolute Gasteiger partial charge is 0.392 e. The number of rotatable bonds is 6. The first-order chi connectivity index (χ1) is 18.2. The Bertz CT molecular complexity index is 904. The number of nitrogens with zero attached hydrogens (tertiary/aromatic N) is 3. The third-order valence-electron chi connectivity index (χ3n) is 10.2. The smallest absolute Gasteiger partial charge is 0.339 e. The van der Waals surface area contributed by atoms with Gasteiger partial charge in [0.1, 0.15) is 12.3 Å². The van der Waals surface area contributed by atoms with E-state index in [0.29, 0.717) is 38.8 Å². The maximum absolute atomic E-state index is 16.0. The number of carbonyl (C=O) groups is 1. The summed E-state index contributed by atoms with van der Waals surface area (Å²) in [6.07, 6.45) is -5.34. The quantitative estimate of drug-likeness (QED) is 0.474. The lowest BCUT2D eigenvalue weighted by molar-refractivity contribution is -0.204. The third kappa shape index (κ3) is 5.41. The van der Waals surface area contributed by atoms with Gasteiger partial charge >= 0.3 is 12.1 Å². The summed E-state index contributed by atoms with van der Waals surface area (Å²) in [7, 11) is 1.46. The van der Waals surface area contributed by atoms with Crippen LogP contribution in [0.3, 0.4) is 0 Å². The summed E-state index contributed by atoms with van der Waals surface area (Å²) in [6.45, 7) is 2.00. The van der Waals surface area contributed by atoms with Gasteiger partial charge in [0, 0.05) is 44.1 Å². The van der Waals surface area contributed by atoms with Gasteiger partial charge in [0.2, 0.25) is 5.91 Å². The molecule has 9 atom stereocenters. The average molecular weight is 572 g/mol. The monoisotopic (exact) mass is 571 g/mol. The van der Waals surface area contributed by atoms with Gasteiger partial charge in [-0.3, -0.25) is 9.69 Å². The Hall–Kier alpha value is -1.18. The SMILES string of the molecule is CN1CNNC1C(F)(F)[C@](C)(F)C1CCCC(N2CC3C(CC(CN4CC[C@@H](F)C4)CC3C(F)(F)F)C2=O)C1. The standard InChI is InChI=1S/C26H40F7N5O/c1-24(28,25(29,30)23-35-34-14-36(23)2)16-4-3-5-18(10-16)38-13-20-19(22(38)39)8-15(9-21(20)26(31,32)33)11-37-7-6-17(27)12-37/h15-21,23,34-35H,3-14H2,1-2H3/t15?,16?,17-,18?,19?,20?,21?,23?,24-/m1/s1. The molecule has 1 amide bonds. The van der Waals surface area contributed by atoms with E-state index in [0.717, 1.165) is 6.92 Å². The lowest BCUT2D eigenvalue weighted by atomic mass is 9.68. The summed E-state index contributed by atoms with van der Waals surface area (Å²) >= 11 is 0. The second-order valence-corrected chi connectivity index (χ2v) is 12.7. The molecule has 5 rings (SSSR count). The Balaban J connectivity index is 1.30. The number of fused-ring (bicyclic) bond motifs is 1. The molecule has 0 radical (unpaired) electrons. The van der Waals surface area contributed by atoms with Crippen molar-refractivity contribution in [2.45, 2.75) is 88.0 Å². The van der Waals surface area contributed by atoms with Crippen molar-refractivity contribution < 1.29 is 35.5 Å². The van der Waals surface area contributed by atoms with Crippen LogP contribution in [0.2, 0.25) is 0 Å². The van der Waals surface area contributed by atoms with Crippen LogP contribution in [0.4, 0.5) is 30.7 Å². The van der Waals surface area contributed by atoms with E-state index in [-0.39, 0.29) is 50.8 Å². The van der Waals surface area contributed by atoms with Crippen molar-refractivity contribution in [1.82, 2.24) is 25.6 Å². The van der Waals surface area contributed by atoms with Crippen LogP contribution in [0.25, 0.3) is 0 Å². The molecular formula is C26H40F7N5O. The van der Waals surface area contributed by atoms with Gasteiger partial charge in [-0.15, -0.1) is 0 Å². The van der Waals surface area contributed by atoms with Crippen molar-refractivity contribution in [1.29, 1.82) is 0 Å². The number of amides is 1. The lowest BCUT2D eigenvalue weighted by Gasteiger charge is -2.45. The van der Waals surface area contributed by atoms with Gasteiger partial charge in [0.05, 0.1) is 12.6 Å². The first kappa shape index (κ1) is 29.3. The molecule has 0 aromatic carbocycles. The molecule has 5 fully saturated rings. The minimum absolute atomic E-state index is 0.0105. The van der Waals surface area contributed by atoms with Crippen LogP contribution < -0.4 is 10.9 Å². The number of halogens is 7. The molecule has 7 unspecified atom stereocenters. The van der Waals surface area contributed by atoms with E-state index in [2.05, 4.69) is 10.9 Å². The summed E-state index contributed by atoms with van der Waals surface area (Å²) in [5.74, 6) is -8.89. The normalized spacial score (nSPS) is 40.7. The van der Waals surface area contributed by atoms with E-state index >= 15 is 13.2 Å². The maximum Gasteiger partial charge on any atom is 0.392 e. The van der Waals surface area contributed by atoms with E-state index in [1.165, 1.54) is 16.8 Å². The molecule has 0 aromatic heterocycles. The second kappa shape index (κ2) is 10.6. The van der Waals surface area contributed by atoms with Crippen LogP contribution in [0.15, 0.2) is 0 Å². The van der Waals surface area contributed by atoms with Crippen LogP contribution in [-0.4, -0.2) is 96.6 Å². The Morgan fingerprint density at radius 2 is 1.74 bits per heavy atom. The molecular weight excluding hydrogens is 531 g/mol. The van der Waals surface area contributed by atoms with Gasteiger partial charge in [-0.2, -0.15) is 22.0 Å². The first-order valence-corrected chi connectivity index (χ1v) is 14.2. The van der Waals surface area contributed by atoms with Gasteiger partial charge in [-0.1, -0.05) is 6.42 Å². The minimum Gasteiger partial charge on any atom is -0.339 e.